The summed E-state index contributed by atoms with van der Waals surface area (Å²) in [5.74, 6) is -0.115. The number of anilines is 2. The molecule has 0 bridgehead atoms. The number of hydrogen-bond acceptors (Lipinski definition) is 3. The van der Waals surface area contributed by atoms with E-state index in [1.165, 1.54) is 13.1 Å². The lowest BCUT2D eigenvalue weighted by Crippen LogP contribution is -2.31. The molecule has 0 saturated carbocycles. The summed E-state index contributed by atoms with van der Waals surface area (Å²) in [4.78, 5) is 4.55. The molecule has 90 valence electrons. The summed E-state index contributed by atoms with van der Waals surface area (Å²) in [5, 5.41) is 0.125. The lowest BCUT2D eigenvalue weighted by molar-refractivity contribution is -0.119. The van der Waals surface area contributed by atoms with Gasteiger partial charge in [0.25, 0.3) is 0 Å². The first kappa shape index (κ1) is 13.2. The monoisotopic (exact) mass is 273 g/mol. The minimum absolute atomic E-state index is 0.0194. The zero-order valence-electron chi connectivity index (χ0n) is 8.15. The zero-order chi connectivity index (χ0) is 12.5. The predicted molar refractivity (Wildman–Crippen MR) is 58.0 cm³/mol. The highest BCUT2D eigenvalue weighted by Gasteiger charge is 2.30. The average Bonchev–Trinajstić information content (AvgIpc) is 2.08. The molecule has 0 fully saturated rings. The Kier molecular flexibility index (Phi) is 3.75. The first-order valence-electron chi connectivity index (χ1n) is 4.10. The van der Waals surface area contributed by atoms with E-state index in [2.05, 4.69) is 4.98 Å². The van der Waals surface area contributed by atoms with Gasteiger partial charge in [0.15, 0.2) is 0 Å². The largest absolute Gasteiger partial charge is 0.405 e. The molecule has 0 aromatic carbocycles. The quantitative estimate of drug-likeness (QED) is 0.901. The molecular formula is C8H8Cl2F3N3. The molecule has 3 nitrogen and oxygen atoms in total. The van der Waals surface area contributed by atoms with Crippen LogP contribution in [0, 0.1) is 0 Å². The van der Waals surface area contributed by atoms with Gasteiger partial charge in [-0.25, -0.2) is 4.98 Å². The average molecular weight is 274 g/mol. The summed E-state index contributed by atoms with van der Waals surface area (Å²) in [5.41, 5.74) is 5.38. The SMILES string of the molecule is CN(CC(F)(F)F)c1nc(N)c(Cl)cc1Cl. The fourth-order valence-electron chi connectivity index (χ4n) is 1.08. The molecule has 0 atom stereocenters. The Labute approximate surface area is 99.9 Å². The lowest BCUT2D eigenvalue weighted by atomic mass is 10.4. The van der Waals surface area contributed by atoms with Gasteiger partial charge in [-0.15, -0.1) is 0 Å². The minimum atomic E-state index is -4.34. The van der Waals surface area contributed by atoms with E-state index in [9.17, 15) is 13.2 Å². The normalized spacial score (nSPS) is 11.6. The number of nitrogens with two attached hydrogens (primary N) is 1. The molecular weight excluding hydrogens is 266 g/mol. The van der Waals surface area contributed by atoms with Gasteiger partial charge in [0.05, 0.1) is 10.0 Å². The van der Waals surface area contributed by atoms with E-state index in [1.54, 1.807) is 0 Å². The second-order valence-electron chi connectivity index (χ2n) is 3.13. The summed E-state index contributed by atoms with van der Waals surface area (Å²) in [6, 6.07) is 1.26. The molecule has 1 rings (SSSR count). The van der Waals surface area contributed by atoms with Crippen LogP contribution >= 0.6 is 23.2 Å². The van der Waals surface area contributed by atoms with Crippen LogP contribution in [0.5, 0.6) is 0 Å². The smallest absolute Gasteiger partial charge is 0.382 e. The Balaban J connectivity index is 3.00. The molecule has 0 aliphatic carbocycles. The van der Waals surface area contributed by atoms with Crippen LogP contribution in [0.15, 0.2) is 6.07 Å². The van der Waals surface area contributed by atoms with Gasteiger partial charge in [-0.2, -0.15) is 13.2 Å². The van der Waals surface area contributed by atoms with Crippen molar-refractivity contribution >= 4 is 34.8 Å². The molecule has 0 saturated heterocycles. The van der Waals surface area contributed by atoms with Crippen LogP contribution in [-0.4, -0.2) is 24.8 Å². The molecule has 8 heteroatoms. The topological polar surface area (TPSA) is 42.2 Å². The zero-order valence-corrected chi connectivity index (χ0v) is 9.66. The van der Waals surface area contributed by atoms with Crippen LogP contribution in [0.3, 0.4) is 0 Å². The lowest BCUT2D eigenvalue weighted by Gasteiger charge is -2.21. The van der Waals surface area contributed by atoms with Crippen LogP contribution in [0.2, 0.25) is 10.0 Å². The number of alkyl halides is 3. The van der Waals surface area contributed by atoms with Crippen LogP contribution < -0.4 is 10.6 Å². The highest BCUT2D eigenvalue weighted by molar-refractivity contribution is 6.37. The maximum Gasteiger partial charge on any atom is 0.405 e. The van der Waals surface area contributed by atoms with Crippen molar-refractivity contribution in [1.29, 1.82) is 0 Å². The van der Waals surface area contributed by atoms with E-state index in [4.69, 9.17) is 28.9 Å². The number of hydrogen-bond donors (Lipinski definition) is 1. The molecule has 0 amide bonds. The second-order valence-corrected chi connectivity index (χ2v) is 3.95. The van der Waals surface area contributed by atoms with Crippen molar-refractivity contribution in [1.82, 2.24) is 4.98 Å². The summed E-state index contributed by atoms with van der Waals surface area (Å²) in [6.45, 7) is -1.17. The van der Waals surface area contributed by atoms with Gasteiger partial charge in [-0.3, -0.25) is 0 Å². The van der Waals surface area contributed by atoms with Crippen molar-refractivity contribution in [2.45, 2.75) is 6.18 Å². The van der Waals surface area contributed by atoms with Gasteiger partial charge < -0.3 is 10.6 Å². The third-order valence-corrected chi connectivity index (χ3v) is 2.30. The molecule has 0 radical (unpaired) electrons. The van der Waals surface area contributed by atoms with Crippen LogP contribution in [0.1, 0.15) is 0 Å². The predicted octanol–water partition coefficient (Wildman–Crippen LogP) is 2.97. The molecule has 1 heterocycles. The first-order chi connectivity index (χ1) is 7.20. The van der Waals surface area contributed by atoms with E-state index in [1.807, 2.05) is 0 Å². The Morgan fingerprint density at radius 1 is 1.38 bits per heavy atom. The van der Waals surface area contributed by atoms with E-state index < -0.39 is 12.7 Å². The first-order valence-corrected chi connectivity index (χ1v) is 4.85. The van der Waals surface area contributed by atoms with Crippen molar-refractivity contribution in [2.24, 2.45) is 0 Å². The number of rotatable bonds is 2. The Bertz CT molecular complexity index is 395. The molecule has 16 heavy (non-hydrogen) atoms. The van der Waals surface area contributed by atoms with Crippen LogP contribution in [0.25, 0.3) is 0 Å². The fraction of sp³-hybridized carbons (Fsp3) is 0.375. The molecule has 1 aromatic heterocycles. The van der Waals surface area contributed by atoms with Crippen LogP contribution in [0.4, 0.5) is 24.8 Å². The molecule has 2 N–H and O–H groups in total. The number of pyridine rings is 1. The van der Waals surface area contributed by atoms with Crippen LogP contribution in [-0.2, 0) is 0 Å². The standard InChI is InChI=1S/C8H8Cl2F3N3/c1-16(3-8(11,12)13)7-5(10)2-4(9)6(14)15-7/h2H,3H2,1H3,(H2,14,15). The molecule has 1 aromatic rings. The second kappa shape index (κ2) is 4.55. The van der Waals surface area contributed by atoms with E-state index in [0.29, 0.717) is 0 Å². The van der Waals surface area contributed by atoms with Crippen molar-refractivity contribution in [3.8, 4) is 0 Å². The molecule has 0 spiro atoms. The van der Waals surface area contributed by atoms with Gasteiger partial charge in [0.1, 0.15) is 18.2 Å². The molecule has 0 aliphatic rings. The maximum atomic E-state index is 12.1. The van der Waals surface area contributed by atoms with E-state index in [-0.39, 0.29) is 21.7 Å². The maximum absolute atomic E-state index is 12.1. The highest BCUT2D eigenvalue weighted by Crippen LogP contribution is 2.30. The highest BCUT2D eigenvalue weighted by atomic mass is 35.5. The van der Waals surface area contributed by atoms with Crippen molar-refractivity contribution in [3.05, 3.63) is 16.1 Å². The van der Waals surface area contributed by atoms with Gasteiger partial charge in [-0.05, 0) is 6.07 Å². The van der Waals surface area contributed by atoms with Gasteiger partial charge in [0.2, 0.25) is 0 Å². The third-order valence-electron chi connectivity index (χ3n) is 1.72. The number of halogens is 5. The summed E-state index contributed by atoms with van der Waals surface area (Å²) >= 11 is 11.3. The van der Waals surface area contributed by atoms with Gasteiger partial charge in [-0.1, -0.05) is 23.2 Å². The Morgan fingerprint density at radius 3 is 2.44 bits per heavy atom. The number of aromatic nitrogens is 1. The Morgan fingerprint density at radius 2 is 1.94 bits per heavy atom. The fourth-order valence-corrected chi connectivity index (χ4v) is 1.59. The van der Waals surface area contributed by atoms with Crippen molar-refractivity contribution in [2.75, 3.05) is 24.2 Å². The van der Waals surface area contributed by atoms with E-state index in [0.717, 1.165) is 4.90 Å². The van der Waals surface area contributed by atoms with Gasteiger partial charge in [0, 0.05) is 7.05 Å². The van der Waals surface area contributed by atoms with Gasteiger partial charge >= 0.3 is 6.18 Å². The van der Waals surface area contributed by atoms with Crippen molar-refractivity contribution < 1.29 is 13.2 Å². The third kappa shape index (κ3) is 3.31. The Hall–Kier alpha value is -0.880. The number of nitrogens with zero attached hydrogens (tertiary/aromatic N) is 2. The number of nitrogen functional groups attached to an aromatic ring is 1. The molecule has 0 unspecified atom stereocenters. The minimum Gasteiger partial charge on any atom is -0.382 e. The summed E-state index contributed by atoms with van der Waals surface area (Å²) < 4.78 is 36.4. The molecule has 0 aliphatic heterocycles. The summed E-state index contributed by atoms with van der Waals surface area (Å²) in [7, 11) is 1.22. The van der Waals surface area contributed by atoms with E-state index >= 15 is 0 Å². The summed E-state index contributed by atoms with van der Waals surface area (Å²) in [6.07, 6.45) is -4.34. The van der Waals surface area contributed by atoms with Crippen molar-refractivity contribution in [3.63, 3.8) is 0 Å².